The largest absolute Gasteiger partial charge is 0.494 e. The molecule has 0 saturated carbocycles. The Balaban J connectivity index is 1.57. The Kier molecular flexibility index (Phi) is 6.08. The SMILES string of the molecule is CCOc1ccc(N2C[C@H](C(=O)N/N=C\c3ccc(Cl)cc3)CC2=O)cc1. The summed E-state index contributed by atoms with van der Waals surface area (Å²) in [7, 11) is 0. The summed E-state index contributed by atoms with van der Waals surface area (Å²) in [5, 5.41) is 4.59. The fourth-order valence-electron chi connectivity index (χ4n) is 2.83. The van der Waals surface area contributed by atoms with Crippen molar-refractivity contribution in [2.45, 2.75) is 13.3 Å². The van der Waals surface area contributed by atoms with E-state index in [1.165, 1.54) is 6.21 Å². The van der Waals surface area contributed by atoms with Crippen LogP contribution in [-0.2, 0) is 9.59 Å². The molecule has 2 aromatic rings. The second kappa shape index (κ2) is 8.68. The quantitative estimate of drug-likeness (QED) is 0.613. The van der Waals surface area contributed by atoms with Crippen molar-refractivity contribution >= 4 is 35.3 Å². The molecule has 2 amide bonds. The molecule has 1 aliphatic heterocycles. The Labute approximate surface area is 162 Å². The van der Waals surface area contributed by atoms with E-state index in [2.05, 4.69) is 10.5 Å². The number of amides is 2. The molecule has 1 aliphatic rings. The molecule has 0 bridgehead atoms. The maximum atomic E-state index is 12.3. The normalized spacial score (nSPS) is 16.7. The van der Waals surface area contributed by atoms with Gasteiger partial charge in [-0.05, 0) is 48.9 Å². The monoisotopic (exact) mass is 385 g/mol. The van der Waals surface area contributed by atoms with Crippen molar-refractivity contribution in [3.05, 3.63) is 59.1 Å². The number of carbonyl (C=O) groups is 2. The molecule has 3 rings (SSSR count). The van der Waals surface area contributed by atoms with Gasteiger partial charge in [0.05, 0.1) is 18.7 Å². The molecule has 1 N–H and O–H groups in total. The van der Waals surface area contributed by atoms with Gasteiger partial charge < -0.3 is 9.64 Å². The van der Waals surface area contributed by atoms with E-state index < -0.39 is 5.92 Å². The van der Waals surface area contributed by atoms with Crippen LogP contribution in [0.2, 0.25) is 5.02 Å². The number of ether oxygens (including phenoxy) is 1. The predicted molar refractivity (Wildman–Crippen MR) is 105 cm³/mol. The van der Waals surface area contributed by atoms with Crippen LogP contribution in [0, 0.1) is 5.92 Å². The molecule has 27 heavy (non-hydrogen) atoms. The summed E-state index contributed by atoms with van der Waals surface area (Å²) in [6, 6.07) is 14.4. The van der Waals surface area contributed by atoms with Gasteiger partial charge in [0, 0.05) is 23.7 Å². The van der Waals surface area contributed by atoms with E-state index in [4.69, 9.17) is 16.3 Å². The molecule has 0 unspecified atom stereocenters. The molecule has 1 atom stereocenters. The van der Waals surface area contributed by atoms with Crippen molar-refractivity contribution in [1.82, 2.24) is 5.43 Å². The Morgan fingerprint density at radius 2 is 1.96 bits per heavy atom. The number of nitrogens with zero attached hydrogens (tertiary/aromatic N) is 2. The molecule has 6 nitrogen and oxygen atoms in total. The number of benzene rings is 2. The summed E-state index contributed by atoms with van der Waals surface area (Å²) < 4.78 is 5.41. The summed E-state index contributed by atoms with van der Waals surface area (Å²) in [5.74, 6) is -0.0480. The molecule has 0 spiro atoms. The minimum absolute atomic E-state index is 0.0824. The molecule has 140 valence electrons. The van der Waals surface area contributed by atoms with E-state index in [1.807, 2.05) is 31.2 Å². The third-order valence-corrected chi connectivity index (χ3v) is 4.47. The first kappa shape index (κ1) is 18.9. The highest BCUT2D eigenvalue weighted by Crippen LogP contribution is 2.27. The smallest absolute Gasteiger partial charge is 0.245 e. The number of nitrogens with one attached hydrogen (secondary N) is 1. The first-order valence-corrected chi connectivity index (χ1v) is 9.06. The van der Waals surface area contributed by atoms with Gasteiger partial charge in [-0.1, -0.05) is 23.7 Å². The van der Waals surface area contributed by atoms with Gasteiger partial charge in [-0.25, -0.2) is 5.43 Å². The van der Waals surface area contributed by atoms with E-state index in [0.717, 1.165) is 17.0 Å². The van der Waals surface area contributed by atoms with Crippen molar-refractivity contribution in [3.8, 4) is 5.75 Å². The summed E-state index contributed by atoms with van der Waals surface area (Å²) >= 11 is 5.83. The van der Waals surface area contributed by atoms with Crippen LogP contribution in [0.1, 0.15) is 18.9 Å². The maximum absolute atomic E-state index is 12.3. The third-order valence-electron chi connectivity index (χ3n) is 4.21. The van der Waals surface area contributed by atoms with Gasteiger partial charge in [-0.15, -0.1) is 0 Å². The Morgan fingerprint density at radius 1 is 1.26 bits per heavy atom. The third kappa shape index (κ3) is 4.86. The Bertz CT molecular complexity index is 835. The zero-order chi connectivity index (χ0) is 19.2. The lowest BCUT2D eigenvalue weighted by Crippen LogP contribution is -2.30. The Morgan fingerprint density at radius 3 is 2.63 bits per heavy atom. The fraction of sp³-hybridized carbons (Fsp3) is 0.250. The maximum Gasteiger partial charge on any atom is 0.245 e. The molecular formula is C20H20ClN3O3. The lowest BCUT2D eigenvalue weighted by molar-refractivity contribution is -0.126. The van der Waals surface area contributed by atoms with E-state index in [1.54, 1.807) is 29.2 Å². The van der Waals surface area contributed by atoms with E-state index >= 15 is 0 Å². The van der Waals surface area contributed by atoms with E-state index in [0.29, 0.717) is 18.2 Å². The summed E-state index contributed by atoms with van der Waals surface area (Å²) in [6.07, 6.45) is 1.70. The topological polar surface area (TPSA) is 71.0 Å². The minimum Gasteiger partial charge on any atom is -0.494 e. The highest BCUT2D eigenvalue weighted by atomic mass is 35.5. The average Bonchev–Trinajstić information content (AvgIpc) is 3.06. The summed E-state index contributed by atoms with van der Waals surface area (Å²) in [4.78, 5) is 26.2. The molecule has 7 heteroatoms. The van der Waals surface area contributed by atoms with Crippen molar-refractivity contribution < 1.29 is 14.3 Å². The highest BCUT2D eigenvalue weighted by Gasteiger charge is 2.35. The molecular weight excluding hydrogens is 366 g/mol. The standard InChI is InChI=1S/C20H20ClN3O3/c1-2-27-18-9-7-17(8-10-18)24-13-15(11-19(24)25)20(26)23-22-12-14-3-5-16(21)6-4-14/h3-10,12,15H,2,11,13H2,1H3,(H,23,26)/b22-12-/t15-/m1/s1. The van der Waals surface area contributed by atoms with Gasteiger partial charge >= 0.3 is 0 Å². The first-order valence-electron chi connectivity index (χ1n) is 8.68. The molecule has 0 aliphatic carbocycles. The van der Waals surface area contributed by atoms with Crippen LogP contribution in [0.4, 0.5) is 5.69 Å². The molecule has 2 aromatic carbocycles. The number of carbonyl (C=O) groups excluding carboxylic acids is 2. The van der Waals surface area contributed by atoms with Crippen LogP contribution in [0.5, 0.6) is 5.75 Å². The van der Waals surface area contributed by atoms with Crippen LogP contribution in [0.25, 0.3) is 0 Å². The number of halogens is 1. The van der Waals surface area contributed by atoms with Crippen LogP contribution in [0.15, 0.2) is 53.6 Å². The summed E-state index contributed by atoms with van der Waals surface area (Å²) in [6.45, 7) is 2.83. The second-order valence-corrected chi connectivity index (χ2v) is 6.55. The summed E-state index contributed by atoms with van der Waals surface area (Å²) in [5.41, 5.74) is 4.08. The zero-order valence-electron chi connectivity index (χ0n) is 14.9. The van der Waals surface area contributed by atoms with Crippen molar-refractivity contribution in [3.63, 3.8) is 0 Å². The van der Waals surface area contributed by atoms with Crippen molar-refractivity contribution in [2.75, 3.05) is 18.1 Å². The average molecular weight is 386 g/mol. The highest BCUT2D eigenvalue weighted by molar-refractivity contribution is 6.30. The second-order valence-electron chi connectivity index (χ2n) is 6.12. The fourth-order valence-corrected chi connectivity index (χ4v) is 2.96. The van der Waals surface area contributed by atoms with E-state index in [9.17, 15) is 9.59 Å². The van der Waals surface area contributed by atoms with Gasteiger partial charge in [0.1, 0.15) is 5.75 Å². The van der Waals surface area contributed by atoms with Crippen LogP contribution in [-0.4, -0.2) is 31.2 Å². The van der Waals surface area contributed by atoms with Gasteiger partial charge in [0.25, 0.3) is 0 Å². The van der Waals surface area contributed by atoms with Crippen LogP contribution < -0.4 is 15.1 Å². The first-order chi connectivity index (χ1) is 13.1. The Hall–Kier alpha value is -2.86. The molecule has 1 saturated heterocycles. The number of rotatable bonds is 6. The van der Waals surface area contributed by atoms with Gasteiger partial charge in [0.15, 0.2) is 0 Å². The number of hydrogen-bond donors (Lipinski definition) is 1. The van der Waals surface area contributed by atoms with Crippen molar-refractivity contribution in [2.24, 2.45) is 11.0 Å². The molecule has 1 heterocycles. The molecule has 0 aromatic heterocycles. The lowest BCUT2D eigenvalue weighted by Gasteiger charge is -2.17. The number of hydrogen-bond acceptors (Lipinski definition) is 4. The van der Waals surface area contributed by atoms with Gasteiger partial charge in [0.2, 0.25) is 11.8 Å². The number of hydrazone groups is 1. The van der Waals surface area contributed by atoms with E-state index in [-0.39, 0.29) is 18.2 Å². The van der Waals surface area contributed by atoms with Crippen LogP contribution in [0.3, 0.4) is 0 Å². The molecule has 0 radical (unpaired) electrons. The zero-order valence-corrected chi connectivity index (χ0v) is 15.6. The van der Waals surface area contributed by atoms with Crippen LogP contribution >= 0.6 is 11.6 Å². The van der Waals surface area contributed by atoms with Gasteiger partial charge in [-0.2, -0.15) is 5.10 Å². The number of anilines is 1. The van der Waals surface area contributed by atoms with Crippen molar-refractivity contribution in [1.29, 1.82) is 0 Å². The van der Waals surface area contributed by atoms with Gasteiger partial charge in [-0.3, -0.25) is 9.59 Å². The lowest BCUT2D eigenvalue weighted by atomic mass is 10.1. The minimum atomic E-state index is -0.438. The predicted octanol–water partition coefficient (Wildman–Crippen LogP) is 3.24. The molecule has 1 fully saturated rings.